The molecule has 1 unspecified atom stereocenters. The number of anilines is 1. The number of hydrogen-bond acceptors (Lipinski definition) is 7. The van der Waals surface area contributed by atoms with Crippen LogP contribution in [0.25, 0.3) is 22.2 Å². The maximum Gasteiger partial charge on any atom is 0.251 e. The zero-order valence-corrected chi connectivity index (χ0v) is 18.3. The molecule has 1 aliphatic rings. The molecule has 1 aliphatic heterocycles. The van der Waals surface area contributed by atoms with Gasteiger partial charge in [-0.25, -0.2) is 9.97 Å². The largest absolute Gasteiger partial charge is 0.454 e. The zero-order valence-electron chi connectivity index (χ0n) is 18.3. The van der Waals surface area contributed by atoms with Crippen LogP contribution in [-0.2, 0) is 0 Å². The van der Waals surface area contributed by atoms with Gasteiger partial charge in [-0.05, 0) is 29.8 Å². The lowest BCUT2D eigenvalue weighted by atomic mass is 9.96. The summed E-state index contributed by atoms with van der Waals surface area (Å²) in [6.07, 6.45) is 3.22. The number of rotatable bonds is 6. The summed E-state index contributed by atoms with van der Waals surface area (Å²) in [5, 5.41) is 6.94. The van der Waals surface area contributed by atoms with Crippen molar-refractivity contribution in [3.8, 4) is 22.8 Å². The highest BCUT2D eigenvalue weighted by Crippen LogP contribution is 2.35. The Morgan fingerprint density at radius 2 is 1.94 bits per heavy atom. The summed E-state index contributed by atoms with van der Waals surface area (Å²) in [4.78, 5) is 25.6. The molecule has 0 saturated carbocycles. The molecule has 33 heavy (non-hydrogen) atoms. The van der Waals surface area contributed by atoms with Gasteiger partial charge in [0.25, 0.3) is 5.91 Å². The van der Waals surface area contributed by atoms with Gasteiger partial charge in [0.1, 0.15) is 12.1 Å². The summed E-state index contributed by atoms with van der Waals surface area (Å²) >= 11 is 0. The van der Waals surface area contributed by atoms with Crippen molar-refractivity contribution < 1.29 is 14.3 Å². The van der Waals surface area contributed by atoms with Gasteiger partial charge in [-0.3, -0.25) is 9.78 Å². The number of carbonyl (C=O) groups excluding carboxylic acids is 1. The average molecular weight is 441 g/mol. The average Bonchev–Trinajstić information content (AvgIpc) is 3.34. The first-order valence-corrected chi connectivity index (χ1v) is 10.7. The van der Waals surface area contributed by atoms with Crippen LogP contribution in [0.4, 0.5) is 5.82 Å². The summed E-state index contributed by atoms with van der Waals surface area (Å²) in [5.41, 5.74) is 4.24. The molecular weight excluding hydrogens is 418 g/mol. The van der Waals surface area contributed by atoms with Gasteiger partial charge in [0.15, 0.2) is 11.5 Å². The Balaban J connectivity index is 1.36. The number of nitrogens with one attached hydrogen (secondary N) is 2. The minimum Gasteiger partial charge on any atom is -0.454 e. The van der Waals surface area contributed by atoms with Gasteiger partial charge in [0.05, 0.1) is 16.8 Å². The Morgan fingerprint density at radius 1 is 1.06 bits per heavy atom. The van der Waals surface area contributed by atoms with Gasteiger partial charge in [-0.15, -0.1) is 0 Å². The Bertz CT molecular complexity index is 1340. The summed E-state index contributed by atoms with van der Waals surface area (Å²) in [6, 6.07) is 15.4. The summed E-state index contributed by atoms with van der Waals surface area (Å²) in [5.74, 6) is 2.19. The van der Waals surface area contributed by atoms with Crippen LogP contribution in [0.1, 0.15) is 28.8 Å². The van der Waals surface area contributed by atoms with Crippen LogP contribution in [0.2, 0.25) is 0 Å². The number of fused-ring (bicyclic) bond motifs is 2. The molecule has 1 amide bonds. The number of nitrogens with zero attached hydrogens (tertiary/aromatic N) is 3. The number of aromatic nitrogens is 3. The third-order valence-corrected chi connectivity index (χ3v) is 5.73. The molecule has 2 N–H and O–H groups in total. The first kappa shape index (κ1) is 20.7. The van der Waals surface area contributed by atoms with E-state index in [0.29, 0.717) is 17.9 Å². The van der Waals surface area contributed by atoms with E-state index in [0.717, 1.165) is 39.3 Å². The highest BCUT2D eigenvalue weighted by molar-refractivity contribution is 6.06. The van der Waals surface area contributed by atoms with E-state index >= 15 is 0 Å². The quantitative estimate of drug-likeness (QED) is 0.467. The van der Waals surface area contributed by atoms with Gasteiger partial charge in [-0.1, -0.05) is 25.1 Å². The van der Waals surface area contributed by atoms with Crippen LogP contribution in [0.15, 0.2) is 61.1 Å². The minimum atomic E-state index is -0.123. The van der Waals surface area contributed by atoms with E-state index in [2.05, 4.69) is 32.5 Å². The fourth-order valence-electron chi connectivity index (χ4n) is 3.96. The van der Waals surface area contributed by atoms with Crippen molar-refractivity contribution in [3.63, 3.8) is 0 Å². The Hall–Kier alpha value is -4.20. The molecule has 0 fully saturated rings. The van der Waals surface area contributed by atoms with Crippen LogP contribution in [0, 0.1) is 0 Å². The molecule has 2 aromatic heterocycles. The molecule has 2 aromatic carbocycles. The smallest absolute Gasteiger partial charge is 0.251 e. The zero-order chi connectivity index (χ0) is 22.8. The number of ether oxygens (including phenoxy) is 2. The van der Waals surface area contributed by atoms with Crippen LogP contribution >= 0.6 is 0 Å². The highest BCUT2D eigenvalue weighted by atomic mass is 16.7. The third-order valence-electron chi connectivity index (χ3n) is 5.73. The van der Waals surface area contributed by atoms with E-state index < -0.39 is 0 Å². The topological polar surface area (TPSA) is 98.3 Å². The van der Waals surface area contributed by atoms with Gasteiger partial charge in [-0.2, -0.15) is 0 Å². The van der Waals surface area contributed by atoms with E-state index in [1.54, 1.807) is 25.6 Å². The van der Waals surface area contributed by atoms with Crippen molar-refractivity contribution in [1.29, 1.82) is 0 Å². The first-order valence-electron chi connectivity index (χ1n) is 10.7. The van der Waals surface area contributed by atoms with Gasteiger partial charge < -0.3 is 20.1 Å². The normalized spacial score (nSPS) is 13.0. The van der Waals surface area contributed by atoms with Crippen molar-refractivity contribution in [3.05, 3.63) is 72.2 Å². The number of para-hydroxylation sites is 1. The van der Waals surface area contributed by atoms with Crippen molar-refractivity contribution in [2.24, 2.45) is 0 Å². The number of carbonyl (C=O) groups is 1. The number of amides is 1. The van der Waals surface area contributed by atoms with E-state index in [1.807, 2.05) is 42.5 Å². The van der Waals surface area contributed by atoms with Crippen LogP contribution in [-0.4, -0.2) is 41.2 Å². The monoisotopic (exact) mass is 441 g/mol. The number of pyridine rings is 1. The molecule has 0 spiro atoms. The first-order chi connectivity index (χ1) is 16.1. The molecule has 1 atom stereocenters. The molecule has 5 rings (SSSR count). The molecule has 0 bridgehead atoms. The lowest BCUT2D eigenvalue weighted by Gasteiger charge is -2.16. The lowest BCUT2D eigenvalue weighted by molar-refractivity contribution is 0.0964. The summed E-state index contributed by atoms with van der Waals surface area (Å²) in [6.45, 7) is 3.00. The van der Waals surface area contributed by atoms with E-state index in [-0.39, 0.29) is 18.6 Å². The number of hydrogen-bond donors (Lipinski definition) is 2. The summed E-state index contributed by atoms with van der Waals surface area (Å²) < 4.78 is 10.9. The van der Waals surface area contributed by atoms with Gasteiger partial charge in [0.2, 0.25) is 6.79 Å². The Morgan fingerprint density at radius 3 is 2.82 bits per heavy atom. The lowest BCUT2D eigenvalue weighted by Crippen LogP contribution is -2.18. The molecule has 0 saturated heterocycles. The highest BCUT2D eigenvalue weighted by Gasteiger charge is 2.16. The predicted molar refractivity (Wildman–Crippen MR) is 126 cm³/mol. The molecule has 8 nitrogen and oxygen atoms in total. The fraction of sp³-hybridized carbons (Fsp3) is 0.200. The SMILES string of the molecule is CNC(=O)c1ccnc2c(C(C)CNc3cc(-c4ccc5c(c4)OCO5)ncn3)cccc12. The van der Waals surface area contributed by atoms with Gasteiger partial charge in [0, 0.05) is 42.7 Å². The van der Waals surface area contributed by atoms with Crippen molar-refractivity contribution in [1.82, 2.24) is 20.3 Å². The van der Waals surface area contributed by atoms with Gasteiger partial charge >= 0.3 is 0 Å². The molecule has 0 aliphatic carbocycles. The van der Waals surface area contributed by atoms with Crippen molar-refractivity contribution in [2.45, 2.75) is 12.8 Å². The molecule has 4 aromatic rings. The minimum absolute atomic E-state index is 0.123. The van der Waals surface area contributed by atoms with Crippen LogP contribution in [0.3, 0.4) is 0 Å². The molecular formula is C25H23N5O3. The van der Waals surface area contributed by atoms with E-state index in [4.69, 9.17) is 9.47 Å². The summed E-state index contributed by atoms with van der Waals surface area (Å²) in [7, 11) is 1.63. The maximum atomic E-state index is 12.3. The second-order valence-corrected chi connectivity index (χ2v) is 7.82. The second-order valence-electron chi connectivity index (χ2n) is 7.82. The van der Waals surface area contributed by atoms with E-state index in [9.17, 15) is 4.79 Å². The predicted octanol–water partition coefficient (Wildman–Crippen LogP) is 4.00. The molecule has 8 heteroatoms. The number of benzene rings is 2. The fourth-order valence-corrected chi connectivity index (χ4v) is 3.96. The molecule has 166 valence electrons. The van der Waals surface area contributed by atoms with Crippen LogP contribution < -0.4 is 20.1 Å². The Labute approximate surface area is 191 Å². The Kier molecular flexibility index (Phi) is 5.48. The van der Waals surface area contributed by atoms with Crippen LogP contribution in [0.5, 0.6) is 11.5 Å². The third kappa shape index (κ3) is 4.03. The molecule has 0 radical (unpaired) electrons. The molecule has 3 heterocycles. The second kappa shape index (κ2) is 8.74. The maximum absolute atomic E-state index is 12.3. The van der Waals surface area contributed by atoms with E-state index in [1.165, 1.54) is 0 Å². The van der Waals surface area contributed by atoms with Crippen molar-refractivity contribution in [2.75, 3.05) is 25.7 Å². The standard InChI is InChI=1S/C25H23N5O3/c1-15(17-4-3-5-18-19(25(31)26-2)8-9-27-24(17)18)12-28-23-11-20(29-13-30-23)16-6-7-21-22(10-16)33-14-32-21/h3-11,13,15H,12,14H2,1-2H3,(H,26,31)(H,28,29,30). The van der Waals surface area contributed by atoms with Crippen molar-refractivity contribution >= 4 is 22.6 Å².